The molecule has 0 bridgehead atoms. The first-order valence-electron chi connectivity index (χ1n) is 7.97. The Kier molecular flexibility index (Phi) is 4.47. The van der Waals surface area contributed by atoms with Gasteiger partial charge in [-0.2, -0.15) is 0 Å². The smallest absolute Gasteiger partial charge is 0.119 e. The summed E-state index contributed by atoms with van der Waals surface area (Å²) in [5.74, 6) is 0.965. The van der Waals surface area contributed by atoms with Gasteiger partial charge < -0.3 is 9.30 Å². The lowest BCUT2D eigenvalue weighted by atomic mass is 10.2. The summed E-state index contributed by atoms with van der Waals surface area (Å²) in [4.78, 5) is 0. The topological polar surface area (TPSA) is 14.2 Å². The van der Waals surface area contributed by atoms with Gasteiger partial charge in [0.05, 0.1) is 6.61 Å². The molecule has 1 aromatic heterocycles. The summed E-state index contributed by atoms with van der Waals surface area (Å²) in [7, 11) is 0. The van der Waals surface area contributed by atoms with Crippen LogP contribution in [-0.2, 0) is 6.54 Å². The monoisotopic (exact) mass is 293 g/mol. The van der Waals surface area contributed by atoms with Crippen LogP contribution >= 0.6 is 0 Å². The van der Waals surface area contributed by atoms with Crippen molar-refractivity contribution < 1.29 is 4.74 Å². The number of benzene rings is 2. The molecule has 0 amide bonds. The molecule has 0 radical (unpaired) electrons. The molecule has 3 rings (SSSR count). The number of nitrogens with zero attached hydrogens (tertiary/aromatic N) is 1. The minimum Gasteiger partial charge on any atom is -0.494 e. The highest BCUT2D eigenvalue weighted by atomic mass is 16.5. The van der Waals surface area contributed by atoms with Crippen LogP contribution in [0.3, 0.4) is 0 Å². The van der Waals surface area contributed by atoms with Crippen LogP contribution in [0.25, 0.3) is 10.9 Å². The van der Waals surface area contributed by atoms with E-state index in [-0.39, 0.29) is 0 Å². The number of ether oxygens (including phenoxy) is 1. The molecule has 0 saturated heterocycles. The molecule has 114 valence electrons. The maximum atomic E-state index is 5.77. The van der Waals surface area contributed by atoms with Crippen molar-refractivity contribution in [3.63, 3.8) is 0 Å². The Morgan fingerprint density at radius 2 is 1.64 bits per heavy atom. The van der Waals surface area contributed by atoms with Gasteiger partial charge in [-0.3, -0.25) is 0 Å². The summed E-state index contributed by atoms with van der Waals surface area (Å²) in [6.45, 7) is 6.05. The van der Waals surface area contributed by atoms with E-state index in [0.717, 1.165) is 31.7 Å². The molecule has 0 saturated carbocycles. The van der Waals surface area contributed by atoms with Crippen LogP contribution in [0.1, 0.15) is 24.0 Å². The van der Waals surface area contributed by atoms with E-state index >= 15 is 0 Å². The van der Waals surface area contributed by atoms with Crippen LogP contribution in [-0.4, -0.2) is 11.2 Å². The first-order chi connectivity index (χ1) is 10.7. The van der Waals surface area contributed by atoms with Gasteiger partial charge in [0, 0.05) is 18.3 Å². The number of fused-ring (bicyclic) bond motifs is 1. The van der Waals surface area contributed by atoms with E-state index in [4.69, 9.17) is 4.74 Å². The average Bonchev–Trinajstić information content (AvgIpc) is 2.91. The van der Waals surface area contributed by atoms with Crippen LogP contribution in [0.4, 0.5) is 0 Å². The number of aromatic nitrogens is 1. The van der Waals surface area contributed by atoms with Crippen LogP contribution in [0.2, 0.25) is 0 Å². The minimum atomic E-state index is 0.779. The number of rotatable bonds is 6. The molecular formula is C20H23NO. The quantitative estimate of drug-likeness (QED) is 0.575. The van der Waals surface area contributed by atoms with E-state index in [2.05, 4.69) is 61.0 Å². The van der Waals surface area contributed by atoms with E-state index in [9.17, 15) is 0 Å². The fraction of sp³-hybridized carbons (Fsp3) is 0.300. The molecule has 0 aliphatic carbocycles. The third-order valence-corrected chi connectivity index (χ3v) is 4.01. The minimum absolute atomic E-state index is 0.779. The van der Waals surface area contributed by atoms with Crippen LogP contribution in [0, 0.1) is 13.8 Å². The molecule has 2 aromatic carbocycles. The lowest BCUT2D eigenvalue weighted by molar-refractivity contribution is 0.303. The van der Waals surface area contributed by atoms with Gasteiger partial charge in [-0.1, -0.05) is 29.3 Å². The Labute approximate surface area is 132 Å². The number of unbranched alkanes of at least 4 members (excludes halogenated alkanes) is 1. The zero-order valence-corrected chi connectivity index (χ0v) is 13.4. The van der Waals surface area contributed by atoms with Gasteiger partial charge >= 0.3 is 0 Å². The predicted octanol–water partition coefficient (Wildman–Crippen LogP) is 5.12. The van der Waals surface area contributed by atoms with Gasteiger partial charge in [0.2, 0.25) is 0 Å². The summed E-state index contributed by atoms with van der Waals surface area (Å²) in [5, 5.41) is 1.33. The van der Waals surface area contributed by atoms with Crippen molar-refractivity contribution in [3.8, 4) is 5.75 Å². The molecule has 2 heteroatoms. The van der Waals surface area contributed by atoms with E-state index in [1.807, 2.05) is 12.1 Å². The molecular weight excluding hydrogens is 270 g/mol. The van der Waals surface area contributed by atoms with Crippen molar-refractivity contribution in [2.24, 2.45) is 0 Å². The summed E-state index contributed by atoms with van der Waals surface area (Å²) in [6.07, 6.45) is 4.38. The Morgan fingerprint density at radius 1 is 0.864 bits per heavy atom. The fourth-order valence-electron chi connectivity index (χ4n) is 2.72. The molecule has 22 heavy (non-hydrogen) atoms. The maximum Gasteiger partial charge on any atom is 0.119 e. The summed E-state index contributed by atoms with van der Waals surface area (Å²) >= 11 is 0. The van der Waals surface area contributed by atoms with E-state index < -0.39 is 0 Å². The van der Waals surface area contributed by atoms with Crippen molar-refractivity contribution in [2.75, 3.05) is 6.61 Å². The molecule has 1 heterocycles. The number of hydrogen-bond donors (Lipinski definition) is 0. The van der Waals surface area contributed by atoms with Crippen molar-refractivity contribution in [1.29, 1.82) is 0 Å². The highest BCUT2D eigenvalue weighted by Crippen LogP contribution is 2.18. The van der Waals surface area contributed by atoms with Gasteiger partial charge in [-0.25, -0.2) is 0 Å². The summed E-state index contributed by atoms with van der Waals surface area (Å²) in [6, 6.07) is 17.1. The second kappa shape index (κ2) is 6.69. The number of hydrogen-bond acceptors (Lipinski definition) is 1. The Hall–Kier alpha value is -2.22. The molecule has 0 aliphatic rings. The SMILES string of the molecule is Cc1ccc(OCCCCn2ccc3cc(C)ccc32)cc1. The molecule has 0 unspecified atom stereocenters. The van der Waals surface area contributed by atoms with E-state index in [1.54, 1.807) is 0 Å². The van der Waals surface area contributed by atoms with Crippen LogP contribution in [0.15, 0.2) is 54.7 Å². The second-order valence-corrected chi connectivity index (χ2v) is 5.94. The molecule has 0 spiro atoms. The molecule has 0 atom stereocenters. The Morgan fingerprint density at radius 3 is 2.45 bits per heavy atom. The van der Waals surface area contributed by atoms with Gasteiger partial charge in [-0.05, 0) is 62.4 Å². The fourth-order valence-corrected chi connectivity index (χ4v) is 2.72. The lowest BCUT2D eigenvalue weighted by Crippen LogP contribution is -2.01. The van der Waals surface area contributed by atoms with Gasteiger partial charge in [0.1, 0.15) is 5.75 Å². The van der Waals surface area contributed by atoms with Crippen LogP contribution < -0.4 is 4.74 Å². The van der Waals surface area contributed by atoms with E-state index in [0.29, 0.717) is 0 Å². The first kappa shape index (κ1) is 14.7. The maximum absolute atomic E-state index is 5.77. The van der Waals surface area contributed by atoms with E-state index in [1.165, 1.54) is 22.0 Å². The third-order valence-electron chi connectivity index (χ3n) is 4.01. The zero-order valence-electron chi connectivity index (χ0n) is 13.4. The van der Waals surface area contributed by atoms with Crippen molar-refractivity contribution in [3.05, 3.63) is 65.9 Å². The molecule has 0 fully saturated rings. The molecule has 0 N–H and O–H groups in total. The second-order valence-electron chi connectivity index (χ2n) is 5.94. The highest BCUT2D eigenvalue weighted by Gasteiger charge is 2.01. The normalized spacial score (nSPS) is 11.0. The first-order valence-corrected chi connectivity index (χ1v) is 7.97. The van der Waals surface area contributed by atoms with Crippen molar-refractivity contribution in [1.82, 2.24) is 4.57 Å². The Balaban J connectivity index is 1.47. The summed E-state index contributed by atoms with van der Waals surface area (Å²) < 4.78 is 8.11. The Bertz CT molecular complexity index is 740. The standard InChI is InChI=1S/C20H23NO/c1-16-5-8-19(9-6-16)22-14-4-3-12-21-13-11-18-15-17(2)7-10-20(18)21/h5-11,13,15H,3-4,12,14H2,1-2H3. The van der Waals surface area contributed by atoms with Crippen molar-refractivity contribution in [2.45, 2.75) is 33.2 Å². The largest absolute Gasteiger partial charge is 0.494 e. The highest BCUT2D eigenvalue weighted by molar-refractivity contribution is 5.80. The average molecular weight is 293 g/mol. The zero-order chi connectivity index (χ0) is 15.4. The predicted molar refractivity (Wildman–Crippen MR) is 92.6 cm³/mol. The van der Waals surface area contributed by atoms with Gasteiger partial charge in [0.25, 0.3) is 0 Å². The third kappa shape index (κ3) is 3.51. The lowest BCUT2D eigenvalue weighted by Gasteiger charge is -2.08. The molecule has 3 aromatic rings. The van der Waals surface area contributed by atoms with Crippen molar-refractivity contribution >= 4 is 10.9 Å². The van der Waals surface area contributed by atoms with Gasteiger partial charge in [0.15, 0.2) is 0 Å². The van der Waals surface area contributed by atoms with Crippen LogP contribution in [0.5, 0.6) is 5.75 Å². The molecule has 0 aliphatic heterocycles. The summed E-state index contributed by atoms with van der Waals surface area (Å²) in [5.41, 5.74) is 3.91. The number of aryl methyl sites for hydroxylation is 3. The van der Waals surface area contributed by atoms with Gasteiger partial charge in [-0.15, -0.1) is 0 Å². The molecule has 2 nitrogen and oxygen atoms in total.